The molecule has 0 amide bonds. The fraction of sp³-hybridized carbons (Fsp3) is 0.833. The van der Waals surface area contributed by atoms with Gasteiger partial charge in [0.05, 0.1) is 12.7 Å². The fourth-order valence-electron chi connectivity index (χ4n) is 1.69. The van der Waals surface area contributed by atoms with E-state index < -0.39 is 0 Å². The molecule has 1 rings (SSSR count). The number of hydrogen-bond acceptors (Lipinski definition) is 2. The Morgan fingerprint density at radius 3 is 2.79 bits per heavy atom. The van der Waals surface area contributed by atoms with Crippen molar-refractivity contribution >= 4 is 0 Å². The SMILES string of the molecule is CN([11CH3])CCOC1CC/C=C/CCC1. The maximum absolute atomic E-state index is 5.85. The van der Waals surface area contributed by atoms with Crippen LogP contribution in [0.25, 0.3) is 0 Å². The van der Waals surface area contributed by atoms with Crippen LogP contribution in [0.3, 0.4) is 0 Å². The van der Waals surface area contributed by atoms with Gasteiger partial charge in [0.2, 0.25) is 0 Å². The molecule has 1 aliphatic rings. The van der Waals surface area contributed by atoms with Crippen LogP contribution in [-0.4, -0.2) is 38.3 Å². The lowest BCUT2D eigenvalue weighted by Gasteiger charge is -2.19. The molecule has 0 saturated heterocycles. The summed E-state index contributed by atoms with van der Waals surface area (Å²) in [6, 6.07) is 0. The summed E-state index contributed by atoms with van der Waals surface area (Å²) in [6.45, 7) is 1.91. The number of rotatable bonds is 4. The molecule has 0 aromatic rings. The Labute approximate surface area is 87.9 Å². The van der Waals surface area contributed by atoms with Gasteiger partial charge in [0.25, 0.3) is 0 Å². The normalized spacial score (nSPS) is 25.8. The van der Waals surface area contributed by atoms with E-state index in [2.05, 4.69) is 31.1 Å². The molecule has 0 bridgehead atoms. The van der Waals surface area contributed by atoms with Gasteiger partial charge in [-0.05, 0) is 46.2 Å². The zero-order chi connectivity index (χ0) is 10.2. The van der Waals surface area contributed by atoms with Crippen LogP contribution < -0.4 is 0 Å². The standard InChI is InChI=1S/C12H23NO/c1-13(2)10-11-14-12-8-6-4-3-5-7-9-12/h3-4,12H,5-11H2,1-2H3/b4-3+/i1-1. The predicted molar refractivity (Wildman–Crippen MR) is 60.5 cm³/mol. The molecule has 1 unspecified atom stereocenters. The van der Waals surface area contributed by atoms with Crippen LogP contribution in [0.2, 0.25) is 0 Å². The van der Waals surface area contributed by atoms with Crippen LogP contribution in [0.4, 0.5) is 0 Å². The highest BCUT2D eigenvalue weighted by molar-refractivity contribution is 4.85. The Morgan fingerprint density at radius 2 is 2.00 bits per heavy atom. The van der Waals surface area contributed by atoms with Gasteiger partial charge in [-0.15, -0.1) is 0 Å². The molecule has 0 radical (unpaired) electrons. The second-order valence-electron chi connectivity index (χ2n) is 4.28. The van der Waals surface area contributed by atoms with Gasteiger partial charge in [-0.3, -0.25) is 0 Å². The van der Waals surface area contributed by atoms with Crippen LogP contribution >= 0.6 is 0 Å². The van der Waals surface area contributed by atoms with E-state index in [0.717, 1.165) is 13.2 Å². The summed E-state index contributed by atoms with van der Waals surface area (Å²) in [5.74, 6) is 0. The van der Waals surface area contributed by atoms with E-state index in [9.17, 15) is 0 Å². The van der Waals surface area contributed by atoms with E-state index in [1.54, 1.807) is 0 Å². The maximum atomic E-state index is 5.85. The first-order valence-electron chi connectivity index (χ1n) is 5.70. The van der Waals surface area contributed by atoms with Crippen LogP contribution in [0.5, 0.6) is 0 Å². The molecular formula is C12H23NO. The Balaban J connectivity index is 2.12. The Hall–Kier alpha value is -0.340. The van der Waals surface area contributed by atoms with Crippen molar-refractivity contribution in [2.24, 2.45) is 0 Å². The lowest BCUT2D eigenvalue weighted by atomic mass is 10.0. The van der Waals surface area contributed by atoms with Gasteiger partial charge in [-0.1, -0.05) is 12.2 Å². The largest absolute Gasteiger partial charge is 0.377 e. The van der Waals surface area contributed by atoms with Crippen molar-refractivity contribution < 1.29 is 4.74 Å². The minimum atomic E-state index is 0.500. The Bertz CT molecular complexity index is 166. The van der Waals surface area contributed by atoms with Gasteiger partial charge in [0.15, 0.2) is 0 Å². The number of nitrogens with zero attached hydrogens (tertiary/aromatic N) is 1. The Kier molecular flexibility index (Phi) is 5.88. The van der Waals surface area contributed by atoms with E-state index in [1.165, 1.54) is 32.1 Å². The first-order chi connectivity index (χ1) is 6.79. The van der Waals surface area contributed by atoms with Crippen molar-refractivity contribution in [2.45, 2.75) is 38.2 Å². The fourth-order valence-corrected chi connectivity index (χ4v) is 1.69. The van der Waals surface area contributed by atoms with Crippen LogP contribution in [0, 0.1) is 0 Å². The van der Waals surface area contributed by atoms with Crippen molar-refractivity contribution in [1.29, 1.82) is 0 Å². The lowest BCUT2D eigenvalue weighted by molar-refractivity contribution is 0.0325. The minimum absolute atomic E-state index is 0.500. The molecule has 0 spiro atoms. The second-order valence-corrected chi connectivity index (χ2v) is 4.28. The average Bonchev–Trinajstić information content (AvgIpc) is 2.07. The van der Waals surface area contributed by atoms with E-state index in [4.69, 9.17) is 4.74 Å². The molecule has 0 saturated carbocycles. The zero-order valence-corrected chi connectivity index (χ0v) is 9.54. The molecule has 0 aromatic carbocycles. The molecule has 0 N–H and O–H groups in total. The molecule has 0 fully saturated rings. The first kappa shape index (κ1) is 11.7. The minimum Gasteiger partial charge on any atom is -0.377 e. The molecule has 0 aromatic heterocycles. The van der Waals surface area contributed by atoms with Gasteiger partial charge in [0.1, 0.15) is 0 Å². The molecule has 2 heteroatoms. The highest BCUT2D eigenvalue weighted by atomic mass is 16.5. The van der Waals surface area contributed by atoms with Gasteiger partial charge in [-0.2, -0.15) is 0 Å². The third-order valence-corrected chi connectivity index (χ3v) is 2.61. The zero-order valence-electron chi connectivity index (χ0n) is 9.54. The van der Waals surface area contributed by atoms with Crippen LogP contribution in [-0.2, 0) is 4.74 Å². The van der Waals surface area contributed by atoms with Gasteiger partial charge < -0.3 is 9.64 Å². The maximum Gasteiger partial charge on any atom is 0.0596 e. The number of allylic oxidation sites excluding steroid dienone is 2. The van der Waals surface area contributed by atoms with Crippen LogP contribution in [0.15, 0.2) is 12.2 Å². The number of hydrogen-bond donors (Lipinski definition) is 0. The van der Waals surface area contributed by atoms with Crippen molar-refractivity contribution in [3.8, 4) is 0 Å². The third kappa shape index (κ3) is 5.40. The lowest BCUT2D eigenvalue weighted by Crippen LogP contribution is -2.22. The van der Waals surface area contributed by atoms with Crippen molar-refractivity contribution in [1.82, 2.24) is 4.90 Å². The summed E-state index contributed by atoms with van der Waals surface area (Å²) in [7, 11) is 4.18. The van der Waals surface area contributed by atoms with Crippen LogP contribution in [0.1, 0.15) is 32.1 Å². The van der Waals surface area contributed by atoms with E-state index in [1.807, 2.05) is 0 Å². The molecule has 0 aliphatic heterocycles. The Morgan fingerprint density at radius 1 is 1.21 bits per heavy atom. The molecule has 82 valence electrons. The molecule has 0 heterocycles. The molecule has 14 heavy (non-hydrogen) atoms. The van der Waals surface area contributed by atoms with Gasteiger partial charge >= 0.3 is 0 Å². The summed E-state index contributed by atoms with van der Waals surface area (Å²) in [5.41, 5.74) is 0. The summed E-state index contributed by atoms with van der Waals surface area (Å²) in [5, 5.41) is 0. The summed E-state index contributed by atoms with van der Waals surface area (Å²) >= 11 is 0. The molecule has 1 aliphatic carbocycles. The third-order valence-electron chi connectivity index (χ3n) is 2.61. The van der Waals surface area contributed by atoms with Crippen molar-refractivity contribution in [3.05, 3.63) is 12.2 Å². The highest BCUT2D eigenvalue weighted by Gasteiger charge is 2.09. The molecule has 1 atom stereocenters. The first-order valence-corrected chi connectivity index (χ1v) is 5.70. The van der Waals surface area contributed by atoms with E-state index in [0.29, 0.717) is 6.10 Å². The predicted octanol–water partition coefficient (Wildman–Crippen LogP) is 2.45. The number of ether oxygens (including phenoxy) is 1. The van der Waals surface area contributed by atoms with E-state index in [-0.39, 0.29) is 0 Å². The highest BCUT2D eigenvalue weighted by Crippen LogP contribution is 2.15. The van der Waals surface area contributed by atoms with E-state index >= 15 is 0 Å². The van der Waals surface area contributed by atoms with Crippen molar-refractivity contribution in [2.75, 3.05) is 27.2 Å². The smallest absolute Gasteiger partial charge is 0.0596 e. The summed E-state index contributed by atoms with van der Waals surface area (Å²) in [6.07, 6.45) is 11.2. The average molecular weight is 196 g/mol. The van der Waals surface area contributed by atoms with Gasteiger partial charge in [-0.25, -0.2) is 0 Å². The molecular weight excluding hydrogens is 173 g/mol. The quantitative estimate of drug-likeness (QED) is 0.640. The summed E-state index contributed by atoms with van der Waals surface area (Å²) < 4.78 is 5.85. The summed E-state index contributed by atoms with van der Waals surface area (Å²) in [4.78, 5) is 2.17. The monoisotopic (exact) mass is 196 g/mol. The second kappa shape index (κ2) is 7.02. The van der Waals surface area contributed by atoms with Gasteiger partial charge in [0, 0.05) is 6.54 Å². The van der Waals surface area contributed by atoms with Crippen molar-refractivity contribution in [3.63, 3.8) is 0 Å². The number of likely N-dealkylation sites (N-methyl/N-ethyl adjacent to an activating group) is 1. The molecule has 2 nitrogen and oxygen atoms in total. The topological polar surface area (TPSA) is 12.5 Å².